The van der Waals surface area contributed by atoms with Crippen molar-refractivity contribution >= 4 is 34.1 Å². The molecule has 4 saturated carbocycles. The average Bonchev–Trinajstić information content (AvgIpc) is 3.19. The molecule has 1 heterocycles. The molecule has 0 spiro atoms. The minimum absolute atomic E-state index is 0.213. The molecule has 0 saturated heterocycles. The zero-order valence-corrected chi connectivity index (χ0v) is 17.9. The van der Waals surface area contributed by atoms with Gasteiger partial charge in [-0.15, -0.1) is 0 Å². The maximum absolute atomic E-state index is 12.5. The van der Waals surface area contributed by atoms with Gasteiger partial charge in [-0.25, -0.2) is 5.43 Å². The number of hydrazone groups is 1. The van der Waals surface area contributed by atoms with Crippen LogP contribution in [0, 0.1) is 17.8 Å². The van der Waals surface area contributed by atoms with Crippen LogP contribution in [0.25, 0.3) is 6.08 Å². The predicted molar refractivity (Wildman–Crippen MR) is 118 cm³/mol. The van der Waals surface area contributed by atoms with Crippen molar-refractivity contribution in [1.82, 2.24) is 15.6 Å². The summed E-state index contributed by atoms with van der Waals surface area (Å²) in [5.74, 6) is 2.30. The van der Waals surface area contributed by atoms with E-state index in [1.807, 2.05) is 42.5 Å². The number of benzene rings is 1. The molecule has 4 aliphatic rings. The lowest BCUT2D eigenvalue weighted by molar-refractivity contribution is -0.00721. The molecule has 2 N–H and O–H groups in total. The Kier molecular flexibility index (Phi) is 4.90. The molecule has 0 radical (unpaired) electrons. The lowest BCUT2D eigenvalue weighted by Crippen LogP contribution is -2.48. The maximum Gasteiger partial charge on any atom is 0.291 e. The summed E-state index contributed by atoms with van der Waals surface area (Å²) in [4.78, 5) is 12.5. The molecule has 4 bridgehead atoms. The standard InChI is InChI=1S/C23H25BrN4O/c24-19(9-15-4-2-1-3-5-15)14-25-28-22(29)20-10-21(27-26-20)23-11-16-6-17(12-23)8-18(7-16)13-23/h1-5,9-10,14,16-18H,6-8,11-13H2,(H,26,27)(H,28,29)/b19-9+,25-14+. The molecule has 4 fully saturated rings. The van der Waals surface area contributed by atoms with E-state index >= 15 is 0 Å². The number of hydrogen-bond acceptors (Lipinski definition) is 3. The third-order valence-corrected chi connectivity index (χ3v) is 7.31. The molecule has 1 aromatic heterocycles. The Labute approximate surface area is 179 Å². The molecule has 5 nitrogen and oxygen atoms in total. The van der Waals surface area contributed by atoms with Crippen LogP contribution in [0.5, 0.6) is 0 Å². The Hall–Kier alpha value is -2.21. The molecule has 0 unspecified atom stereocenters. The SMILES string of the molecule is O=C(N/N=C/C(Br)=C\c1ccccc1)c1cc(C23CC4CC(CC(C4)C2)C3)[nH]n1. The first-order valence-corrected chi connectivity index (χ1v) is 11.2. The highest BCUT2D eigenvalue weighted by Crippen LogP contribution is 2.60. The summed E-state index contributed by atoms with van der Waals surface area (Å²) in [6.07, 6.45) is 11.5. The predicted octanol–water partition coefficient (Wildman–Crippen LogP) is 5.03. The van der Waals surface area contributed by atoms with Crippen LogP contribution in [0.1, 0.15) is 60.3 Å². The number of aromatic amines is 1. The molecule has 4 aliphatic carbocycles. The van der Waals surface area contributed by atoms with Gasteiger partial charge in [0.15, 0.2) is 5.69 Å². The number of aromatic nitrogens is 2. The van der Waals surface area contributed by atoms with E-state index in [4.69, 9.17) is 0 Å². The lowest BCUT2D eigenvalue weighted by Gasteiger charge is -2.56. The Morgan fingerprint density at radius 1 is 1.14 bits per heavy atom. The van der Waals surface area contributed by atoms with E-state index in [0.717, 1.165) is 33.5 Å². The van der Waals surface area contributed by atoms with Gasteiger partial charge in [0.2, 0.25) is 0 Å². The quantitative estimate of drug-likeness (QED) is 0.493. The largest absolute Gasteiger partial charge is 0.291 e. The molecule has 1 amide bonds. The van der Waals surface area contributed by atoms with Gasteiger partial charge in [-0.1, -0.05) is 30.3 Å². The average molecular weight is 453 g/mol. The molecule has 2 aromatic rings. The summed E-state index contributed by atoms with van der Waals surface area (Å²) in [6.45, 7) is 0. The van der Waals surface area contributed by atoms with Gasteiger partial charge in [0.05, 0.1) is 6.21 Å². The number of carbonyl (C=O) groups is 1. The number of rotatable bonds is 5. The number of nitrogens with one attached hydrogen (secondary N) is 2. The van der Waals surface area contributed by atoms with Crippen LogP contribution < -0.4 is 5.43 Å². The summed E-state index contributed by atoms with van der Waals surface area (Å²) in [5, 5.41) is 11.5. The van der Waals surface area contributed by atoms with Crippen molar-refractivity contribution in [2.45, 2.75) is 43.9 Å². The molecule has 0 aliphatic heterocycles. The van der Waals surface area contributed by atoms with Crippen LogP contribution in [0.3, 0.4) is 0 Å². The second-order valence-corrected chi connectivity index (χ2v) is 9.92. The Morgan fingerprint density at radius 2 is 1.79 bits per heavy atom. The topological polar surface area (TPSA) is 70.1 Å². The van der Waals surface area contributed by atoms with Crippen LogP contribution >= 0.6 is 15.9 Å². The minimum Gasteiger partial charge on any atom is -0.281 e. The number of allylic oxidation sites excluding steroid dienone is 1. The van der Waals surface area contributed by atoms with E-state index < -0.39 is 0 Å². The van der Waals surface area contributed by atoms with Gasteiger partial charge in [0.25, 0.3) is 5.91 Å². The van der Waals surface area contributed by atoms with Crippen molar-refractivity contribution in [2.24, 2.45) is 22.9 Å². The summed E-state index contributed by atoms with van der Waals surface area (Å²) >= 11 is 3.45. The van der Waals surface area contributed by atoms with Crippen LogP contribution in [0.2, 0.25) is 0 Å². The summed E-state index contributed by atoms with van der Waals surface area (Å²) < 4.78 is 0.778. The number of nitrogens with zero attached hydrogens (tertiary/aromatic N) is 2. The van der Waals surface area contributed by atoms with E-state index in [9.17, 15) is 4.79 Å². The van der Waals surface area contributed by atoms with E-state index in [0.29, 0.717) is 5.69 Å². The van der Waals surface area contributed by atoms with Crippen molar-refractivity contribution in [3.63, 3.8) is 0 Å². The zero-order chi connectivity index (χ0) is 19.8. The molecule has 6 rings (SSSR count). The summed E-state index contributed by atoms with van der Waals surface area (Å²) in [5.41, 5.74) is 5.42. The zero-order valence-electron chi connectivity index (χ0n) is 16.3. The lowest BCUT2D eigenvalue weighted by atomic mass is 9.49. The van der Waals surface area contributed by atoms with Gasteiger partial charge >= 0.3 is 0 Å². The molecular weight excluding hydrogens is 428 g/mol. The fourth-order valence-electron chi connectivity index (χ4n) is 6.11. The highest BCUT2D eigenvalue weighted by atomic mass is 79.9. The molecule has 6 heteroatoms. The molecule has 0 atom stereocenters. The third kappa shape index (κ3) is 3.82. The number of hydrogen-bond donors (Lipinski definition) is 2. The van der Waals surface area contributed by atoms with Gasteiger partial charge < -0.3 is 0 Å². The Balaban J connectivity index is 1.24. The van der Waals surface area contributed by atoms with Crippen LogP contribution in [-0.4, -0.2) is 22.3 Å². The van der Waals surface area contributed by atoms with Crippen molar-refractivity contribution < 1.29 is 4.79 Å². The van der Waals surface area contributed by atoms with Gasteiger partial charge in [-0.05, 0) is 89.9 Å². The Bertz CT molecular complexity index is 927. The van der Waals surface area contributed by atoms with E-state index in [-0.39, 0.29) is 11.3 Å². The Morgan fingerprint density at radius 3 is 2.45 bits per heavy atom. The van der Waals surface area contributed by atoms with E-state index in [1.54, 1.807) is 6.21 Å². The van der Waals surface area contributed by atoms with Gasteiger partial charge in [-0.2, -0.15) is 10.2 Å². The summed E-state index contributed by atoms with van der Waals surface area (Å²) in [6, 6.07) is 11.9. The third-order valence-electron chi connectivity index (χ3n) is 6.88. The first-order valence-electron chi connectivity index (χ1n) is 10.4. The molecule has 1 aromatic carbocycles. The second-order valence-electron chi connectivity index (χ2n) is 9.00. The molecular formula is C23H25BrN4O. The maximum atomic E-state index is 12.5. The summed E-state index contributed by atoms with van der Waals surface area (Å²) in [7, 11) is 0. The smallest absolute Gasteiger partial charge is 0.281 e. The number of carbonyl (C=O) groups excluding carboxylic acids is 1. The second kappa shape index (κ2) is 7.56. The molecule has 150 valence electrons. The van der Waals surface area contributed by atoms with E-state index in [1.165, 1.54) is 38.5 Å². The highest BCUT2D eigenvalue weighted by Gasteiger charge is 2.52. The van der Waals surface area contributed by atoms with Crippen LogP contribution in [0.4, 0.5) is 0 Å². The van der Waals surface area contributed by atoms with Crippen LogP contribution in [-0.2, 0) is 5.41 Å². The molecule has 29 heavy (non-hydrogen) atoms. The fraction of sp³-hybridized carbons (Fsp3) is 0.435. The fourth-order valence-corrected chi connectivity index (χ4v) is 6.47. The van der Waals surface area contributed by atoms with Crippen molar-refractivity contribution in [1.29, 1.82) is 0 Å². The van der Waals surface area contributed by atoms with Crippen molar-refractivity contribution in [2.75, 3.05) is 0 Å². The highest BCUT2D eigenvalue weighted by molar-refractivity contribution is 9.12. The van der Waals surface area contributed by atoms with E-state index in [2.05, 4.69) is 36.7 Å². The normalized spacial score (nSPS) is 30.8. The van der Waals surface area contributed by atoms with Crippen molar-refractivity contribution in [3.05, 3.63) is 57.8 Å². The van der Waals surface area contributed by atoms with Crippen LogP contribution in [0.15, 0.2) is 46.0 Å². The van der Waals surface area contributed by atoms with Gasteiger partial charge in [-0.3, -0.25) is 9.89 Å². The number of amides is 1. The number of H-pyrrole nitrogens is 1. The first-order chi connectivity index (χ1) is 14.1. The van der Waals surface area contributed by atoms with Gasteiger partial charge in [0, 0.05) is 15.6 Å². The van der Waals surface area contributed by atoms with Gasteiger partial charge in [0.1, 0.15) is 0 Å². The monoisotopic (exact) mass is 452 g/mol. The first kappa shape index (κ1) is 18.8. The number of halogens is 1. The minimum atomic E-state index is -0.284. The van der Waals surface area contributed by atoms with Crippen molar-refractivity contribution in [3.8, 4) is 0 Å².